The minimum absolute atomic E-state index is 0.101. The molecule has 8 aromatic carbocycles. The summed E-state index contributed by atoms with van der Waals surface area (Å²) in [6.45, 7) is 4.76. The van der Waals surface area contributed by atoms with E-state index in [1.807, 2.05) is 0 Å². The molecule has 0 spiro atoms. The summed E-state index contributed by atoms with van der Waals surface area (Å²) in [5.74, 6) is 0.508. The van der Waals surface area contributed by atoms with Gasteiger partial charge in [-0.3, -0.25) is 0 Å². The van der Waals surface area contributed by atoms with Crippen LogP contribution in [0.2, 0.25) is 0 Å². The van der Waals surface area contributed by atoms with Crippen molar-refractivity contribution in [1.82, 2.24) is 0 Å². The van der Waals surface area contributed by atoms with Gasteiger partial charge in [-0.05, 0) is 115 Å². The van der Waals surface area contributed by atoms with Crippen LogP contribution in [0.15, 0.2) is 182 Å². The molecule has 0 aliphatic heterocycles. The summed E-state index contributed by atoms with van der Waals surface area (Å²) in [7, 11) is 0. The number of rotatable bonds is 7. The number of para-hydroxylation sites is 1. The molecule has 2 aliphatic carbocycles. The van der Waals surface area contributed by atoms with Crippen LogP contribution in [0.3, 0.4) is 0 Å². The lowest BCUT2D eigenvalue weighted by atomic mass is 9.82. The summed E-state index contributed by atoms with van der Waals surface area (Å²) in [4.78, 5) is 2.53. The lowest BCUT2D eigenvalue weighted by Crippen LogP contribution is -2.17. The van der Waals surface area contributed by atoms with Gasteiger partial charge in [-0.1, -0.05) is 178 Å². The van der Waals surface area contributed by atoms with Gasteiger partial charge in [0.2, 0.25) is 0 Å². The van der Waals surface area contributed by atoms with Gasteiger partial charge in [-0.2, -0.15) is 0 Å². The maximum atomic E-state index is 2.55. The largest absolute Gasteiger partial charge is 0.310 e. The molecule has 10 rings (SSSR count). The molecule has 1 nitrogen and oxygen atoms in total. The van der Waals surface area contributed by atoms with Crippen molar-refractivity contribution in [2.75, 3.05) is 4.90 Å². The van der Waals surface area contributed by atoms with Crippen LogP contribution in [0.5, 0.6) is 0 Å². The predicted molar refractivity (Wildman–Crippen MR) is 234 cm³/mol. The molecule has 0 heterocycles. The van der Waals surface area contributed by atoms with Crippen molar-refractivity contribution in [1.29, 1.82) is 0 Å². The van der Waals surface area contributed by atoms with E-state index in [0.717, 1.165) is 0 Å². The minimum Gasteiger partial charge on any atom is -0.310 e. The molecule has 0 aromatic heterocycles. The fourth-order valence-corrected chi connectivity index (χ4v) is 9.72. The van der Waals surface area contributed by atoms with Gasteiger partial charge in [0.1, 0.15) is 0 Å². The Morgan fingerprint density at radius 2 is 0.982 bits per heavy atom. The normalized spacial score (nSPS) is 14.5. The van der Waals surface area contributed by atoms with Crippen molar-refractivity contribution in [3.05, 3.63) is 199 Å². The highest BCUT2D eigenvalue weighted by atomic mass is 15.1. The van der Waals surface area contributed by atoms with E-state index in [9.17, 15) is 0 Å². The summed E-state index contributed by atoms with van der Waals surface area (Å²) in [5.41, 5.74) is 18.0. The van der Waals surface area contributed by atoms with Crippen LogP contribution in [0.4, 0.5) is 17.1 Å². The van der Waals surface area contributed by atoms with E-state index >= 15 is 0 Å². The van der Waals surface area contributed by atoms with E-state index in [4.69, 9.17) is 0 Å². The van der Waals surface area contributed by atoms with E-state index in [2.05, 4.69) is 201 Å². The van der Waals surface area contributed by atoms with Crippen LogP contribution in [0, 0.1) is 0 Å². The average Bonchev–Trinajstić information content (AvgIpc) is 3.86. The Morgan fingerprint density at radius 3 is 1.71 bits per heavy atom. The zero-order chi connectivity index (χ0) is 36.9. The number of anilines is 3. The maximum Gasteiger partial charge on any atom is 0.0540 e. The molecule has 1 saturated carbocycles. The Kier molecular flexibility index (Phi) is 8.25. The Hall–Kier alpha value is -6.18. The first-order chi connectivity index (χ1) is 27.1. The van der Waals surface area contributed by atoms with Gasteiger partial charge >= 0.3 is 0 Å². The summed E-state index contributed by atoms with van der Waals surface area (Å²) in [5, 5.41) is 2.61. The van der Waals surface area contributed by atoms with Crippen LogP contribution < -0.4 is 4.90 Å². The van der Waals surface area contributed by atoms with Crippen molar-refractivity contribution in [2.24, 2.45) is 0 Å². The van der Waals surface area contributed by atoms with Crippen molar-refractivity contribution < 1.29 is 0 Å². The van der Waals surface area contributed by atoms with E-state index in [1.54, 1.807) is 0 Å². The fraction of sp³-hybridized carbons (Fsp3) is 0.148. The van der Waals surface area contributed by atoms with E-state index < -0.39 is 0 Å². The SMILES string of the molecule is CC1(C)c2ccccc2-c2ccc(N(c3ccc(-c4cccc5cccc(-c6ccccc6)c45)c(C4CCCC4)c3)c3ccccc3-c3ccccc3)cc21. The first kappa shape index (κ1) is 33.4. The van der Waals surface area contributed by atoms with Crippen LogP contribution in [0.25, 0.3) is 55.3 Å². The maximum absolute atomic E-state index is 2.55. The Bertz CT molecular complexity index is 2670. The van der Waals surface area contributed by atoms with Crippen LogP contribution in [0.1, 0.15) is 62.1 Å². The van der Waals surface area contributed by atoms with Crippen LogP contribution in [-0.4, -0.2) is 0 Å². The standard InChI is InChI=1S/C54H45N/c1-54(2)50-29-13-11-26-46(50)47-34-32-42(36-51(47)54)55(52-30-14-12-25-43(52)37-17-5-3-6-18-37)41-31-33-45(49(35-41)39-21-9-10-22-39)48-28-16-24-40-23-15-27-44(53(40)48)38-19-7-4-8-20-38/h3-8,11-20,23-36,39H,9-10,21-22H2,1-2H3. The molecule has 1 fully saturated rings. The minimum atomic E-state index is -0.101. The molecular formula is C54H45N. The number of fused-ring (bicyclic) bond motifs is 4. The third-order valence-corrected chi connectivity index (χ3v) is 12.4. The smallest absolute Gasteiger partial charge is 0.0540 e. The van der Waals surface area contributed by atoms with Gasteiger partial charge in [0.15, 0.2) is 0 Å². The molecule has 2 aliphatic rings. The fourth-order valence-electron chi connectivity index (χ4n) is 9.72. The predicted octanol–water partition coefficient (Wildman–Crippen LogP) is 15.3. The van der Waals surface area contributed by atoms with Gasteiger partial charge in [0.25, 0.3) is 0 Å². The summed E-state index contributed by atoms with van der Waals surface area (Å²) in [6.07, 6.45) is 5.00. The zero-order valence-corrected chi connectivity index (χ0v) is 31.7. The summed E-state index contributed by atoms with van der Waals surface area (Å²) >= 11 is 0. The molecule has 0 unspecified atom stereocenters. The average molecular weight is 708 g/mol. The zero-order valence-electron chi connectivity index (χ0n) is 31.7. The second-order valence-corrected chi connectivity index (χ2v) is 15.9. The van der Waals surface area contributed by atoms with Gasteiger partial charge in [0.05, 0.1) is 5.69 Å². The molecule has 1 heteroatoms. The van der Waals surface area contributed by atoms with Gasteiger partial charge < -0.3 is 4.90 Å². The first-order valence-electron chi connectivity index (χ1n) is 20.0. The molecule has 0 saturated heterocycles. The second kappa shape index (κ2) is 13.6. The molecule has 266 valence electrons. The third-order valence-electron chi connectivity index (χ3n) is 12.4. The monoisotopic (exact) mass is 707 g/mol. The van der Waals surface area contributed by atoms with E-state index in [1.165, 1.54) is 115 Å². The lowest BCUT2D eigenvalue weighted by Gasteiger charge is -2.31. The number of hydrogen-bond acceptors (Lipinski definition) is 1. The first-order valence-corrected chi connectivity index (χ1v) is 20.0. The highest BCUT2D eigenvalue weighted by molar-refractivity contribution is 6.07. The Labute approximate surface area is 325 Å². The van der Waals surface area contributed by atoms with Crippen molar-refractivity contribution in [2.45, 2.75) is 50.9 Å². The Balaban J connectivity index is 1.21. The molecule has 8 aromatic rings. The number of benzene rings is 8. The molecule has 55 heavy (non-hydrogen) atoms. The van der Waals surface area contributed by atoms with Crippen LogP contribution >= 0.6 is 0 Å². The quantitative estimate of drug-likeness (QED) is 0.159. The van der Waals surface area contributed by atoms with Gasteiger partial charge in [-0.15, -0.1) is 0 Å². The Morgan fingerprint density at radius 1 is 0.436 bits per heavy atom. The van der Waals surface area contributed by atoms with Gasteiger partial charge in [0, 0.05) is 22.4 Å². The molecule has 0 bridgehead atoms. The molecule has 0 atom stereocenters. The molecule has 0 N–H and O–H groups in total. The third kappa shape index (κ3) is 5.69. The second-order valence-electron chi connectivity index (χ2n) is 15.9. The van der Waals surface area contributed by atoms with Crippen molar-refractivity contribution >= 4 is 27.8 Å². The van der Waals surface area contributed by atoms with Crippen molar-refractivity contribution in [3.63, 3.8) is 0 Å². The highest BCUT2D eigenvalue weighted by Gasteiger charge is 2.36. The molecule has 0 radical (unpaired) electrons. The number of nitrogens with zero attached hydrogens (tertiary/aromatic N) is 1. The molecule has 0 amide bonds. The van der Waals surface area contributed by atoms with Crippen LogP contribution in [-0.2, 0) is 5.41 Å². The van der Waals surface area contributed by atoms with Gasteiger partial charge in [-0.25, -0.2) is 0 Å². The highest BCUT2D eigenvalue weighted by Crippen LogP contribution is 2.52. The topological polar surface area (TPSA) is 3.24 Å². The summed E-state index contributed by atoms with van der Waals surface area (Å²) in [6, 6.07) is 67.8. The molecular weight excluding hydrogens is 663 g/mol. The van der Waals surface area contributed by atoms with E-state index in [-0.39, 0.29) is 5.41 Å². The summed E-state index contributed by atoms with van der Waals surface area (Å²) < 4.78 is 0. The van der Waals surface area contributed by atoms with E-state index in [0.29, 0.717) is 5.92 Å². The van der Waals surface area contributed by atoms with Crippen molar-refractivity contribution in [3.8, 4) is 44.5 Å². The lowest BCUT2D eigenvalue weighted by molar-refractivity contribution is 0.660. The number of hydrogen-bond donors (Lipinski definition) is 0.